The van der Waals surface area contributed by atoms with Crippen molar-refractivity contribution in [3.63, 3.8) is 0 Å². The van der Waals surface area contributed by atoms with Gasteiger partial charge in [-0.2, -0.15) is 0 Å². The van der Waals surface area contributed by atoms with Crippen molar-refractivity contribution < 1.29 is 4.39 Å². The predicted octanol–water partition coefficient (Wildman–Crippen LogP) is 5.59. The van der Waals surface area contributed by atoms with E-state index in [1.165, 1.54) is 0 Å². The van der Waals surface area contributed by atoms with Crippen LogP contribution in [0.15, 0.2) is 40.9 Å². The molecule has 0 saturated carbocycles. The van der Waals surface area contributed by atoms with Crippen LogP contribution in [0.5, 0.6) is 0 Å². The molecule has 0 radical (unpaired) electrons. The Labute approximate surface area is 136 Å². The van der Waals surface area contributed by atoms with Crippen molar-refractivity contribution in [3.05, 3.63) is 67.9 Å². The van der Waals surface area contributed by atoms with Crippen LogP contribution in [-0.4, -0.2) is 6.54 Å². The van der Waals surface area contributed by atoms with Crippen molar-refractivity contribution >= 4 is 39.1 Å². The van der Waals surface area contributed by atoms with E-state index in [-0.39, 0.29) is 11.9 Å². The summed E-state index contributed by atoms with van der Waals surface area (Å²) in [5.74, 6) is -0.297. The topological polar surface area (TPSA) is 12.0 Å². The van der Waals surface area contributed by atoms with Gasteiger partial charge in [-0.05, 0) is 52.3 Å². The summed E-state index contributed by atoms with van der Waals surface area (Å²) >= 11 is 15.5. The second kappa shape index (κ2) is 6.90. The maximum Gasteiger partial charge on any atom is 0.142 e. The summed E-state index contributed by atoms with van der Waals surface area (Å²) < 4.78 is 14.8. The minimum absolute atomic E-state index is 0.297. The number of nitrogens with one attached hydrogen (secondary N) is 1. The minimum atomic E-state index is -0.344. The van der Waals surface area contributed by atoms with E-state index in [2.05, 4.69) is 21.2 Å². The fraction of sp³-hybridized carbons (Fsp3) is 0.200. The minimum Gasteiger partial charge on any atom is -0.306 e. The quantitative estimate of drug-likeness (QED) is 0.732. The SMILES string of the molecule is CCNC(c1cc(Cl)ccc1Cl)c1cccc(Br)c1F. The molecule has 0 aromatic heterocycles. The van der Waals surface area contributed by atoms with Gasteiger partial charge in [-0.15, -0.1) is 0 Å². The fourth-order valence-corrected chi connectivity index (χ4v) is 2.86. The first-order valence-electron chi connectivity index (χ1n) is 6.16. The highest BCUT2D eigenvalue weighted by atomic mass is 79.9. The molecule has 0 bridgehead atoms. The van der Waals surface area contributed by atoms with Crippen LogP contribution < -0.4 is 5.32 Å². The zero-order valence-electron chi connectivity index (χ0n) is 10.8. The molecule has 2 aromatic rings. The van der Waals surface area contributed by atoms with Crippen LogP contribution in [0.2, 0.25) is 10.0 Å². The van der Waals surface area contributed by atoms with E-state index in [0.717, 1.165) is 5.56 Å². The first kappa shape index (κ1) is 15.8. The zero-order valence-corrected chi connectivity index (χ0v) is 13.9. The van der Waals surface area contributed by atoms with Crippen molar-refractivity contribution in [2.45, 2.75) is 13.0 Å². The number of rotatable bonds is 4. The average molecular weight is 377 g/mol. The summed E-state index contributed by atoms with van der Waals surface area (Å²) in [4.78, 5) is 0. The Bertz CT molecular complexity index is 617. The monoisotopic (exact) mass is 375 g/mol. The molecule has 1 nitrogen and oxygen atoms in total. The van der Waals surface area contributed by atoms with Gasteiger partial charge >= 0.3 is 0 Å². The molecule has 0 saturated heterocycles. The molecular weight excluding hydrogens is 364 g/mol. The molecule has 2 rings (SSSR count). The second-order valence-corrected chi connectivity index (χ2v) is 6.00. The number of hydrogen-bond acceptors (Lipinski definition) is 1. The molecule has 2 aromatic carbocycles. The summed E-state index contributed by atoms with van der Waals surface area (Å²) in [6.07, 6.45) is 0. The molecule has 0 aliphatic heterocycles. The first-order chi connectivity index (χ1) is 9.54. The van der Waals surface area contributed by atoms with Gasteiger partial charge in [0.05, 0.1) is 10.5 Å². The third-order valence-electron chi connectivity index (χ3n) is 2.97. The number of benzene rings is 2. The van der Waals surface area contributed by atoms with Crippen molar-refractivity contribution in [1.82, 2.24) is 5.32 Å². The molecule has 0 aliphatic rings. The average Bonchev–Trinajstić information content (AvgIpc) is 2.43. The van der Waals surface area contributed by atoms with E-state index in [4.69, 9.17) is 23.2 Å². The van der Waals surface area contributed by atoms with Gasteiger partial charge in [-0.1, -0.05) is 42.3 Å². The highest BCUT2D eigenvalue weighted by molar-refractivity contribution is 9.10. The summed E-state index contributed by atoms with van der Waals surface area (Å²) in [7, 11) is 0. The standard InChI is InChI=1S/C15H13BrCl2FN/c1-2-20-15(10-4-3-5-12(16)14(10)19)11-8-9(17)6-7-13(11)18/h3-8,15,20H,2H2,1H3. The van der Waals surface area contributed by atoms with Gasteiger partial charge in [0.1, 0.15) is 5.82 Å². The Hall–Kier alpha value is -0.610. The van der Waals surface area contributed by atoms with E-state index < -0.39 is 0 Å². The van der Waals surface area contributed by atoms with E-state index in [0.29, 0.717) is 26.6 Å². The molecule has 0 fully saturated rings. The highest BCUT2D eigenvalue weighted by Gasteiger charge is 2.21. The zero-order chi connectivity index (χ0) is 14.7. The lowest BCUT2D eigenvalue weighted by atomic mass is 9.98. The lowest BCUT2D eigenvalue weighted by Crippen LogP contribution is -2.23. The third kappa shape index (κ3) is 3.34. The number of halogens is 4. The van der Waals surface area contributed by atoms with Crippen LogP contribution in [0.3, 0.4) is 0 Å². The summed E-state index contributed by atoms with van der Waals surface area (Å²) in [5.41, 5.74) is 1.29. The molecule has 20 heavy (non-hydrogen) atoms. The van der Waals surface area contributed by atoms with Gasteiger partial charge in [0.2, 0.25) is 0 Å². The maximum atomic E-state index is 14.3. The predicted molar refractivity (Wildman–Crippen MR) is 86.1 cm³/mol. The number of hydrogen-bond donors (Lipinski definition) is 1. The van der Waals surface area contributed by atoms with Gasteiger partial charge in [0.15, 0.2) is 0 Å². The van der Waals surface area contributed by atoms with Crippen molar-refractivity contribution in [1.29, 1.82) is 0 Å². The van der Waals surface area contributed by atoms with Crippen LogP contribution in [0.25, 0.3) is 0 Å². The van der Waals surface area contributed by atoms with Crippen LogP contribution in [0.4, 0.5) is 4.39 Å². The Morgan fingerprint density at radius 2 is 1.95 bits per heavy atom. The highest BCUT2D eigenvalue weighted by Crippen LogP contribution is 2.33. The smallest absolute Gasteiger partial charge is 0.142 e. The molecule has 106 valence electrons. The third-order valence-corrected chi connectivity index (χ3v) is 4.16. The maximum absolute atomic E-state index is 14.3. The summed E-state index contributed by atoms with van der Waals surface area (Å²) in [6, 6.07) is 10.1. The summed E-state index contributed by atoms with van der Waals surface area (Å²) in [5, 5.41) is 4.37. The van der Waals surface area contributed by atoms with Crippen LogP contribution >= 0.6 is 39.1 Å². The van der Waals surface area contributed by atoms with Crippen LogP contribution in [0.1, 0.15) is 24.1 Å². The van der Waals surface area contributed by atoms with Crippen molar-refractivity contribution in [2.24, 2.45) is 0 Å². The fourth-order valence-electron chi connectivity index (χ4n) is 2.07. The van der Waals surface area contributed by atoms with Gasteiger partial charge in [-0.3, -0.25) is 0 Å². The molecule has 1 N–H and O–H groups in total. The van der Waals surface area contributed by atoms with E-state index in [1.807, 2.05) is 6.92 Å². The van der Waals surface area contributed by atoms with Crippen molar-refractivity contribution in [3.8, 4) is 0 Å². The van der Waals surface area contributed by atoms with E-state index >= 15 is 0 Å². The van der Waals surface area contributed by atoms with Crippen molar-refractivity contribution in [2.75, 3.05) is 6.54 Å². The molecule has 0 aliphatic carbocycles. The Balaban J connectivity index is 2.56. The van der Waals surface area contributed by atoms with E-state index in [9.17, 15) is 4.39 Å². The summed E-state index contributed by atoms with van der Waals surface area (Å²) in [6.45, 7) is 2.64. The largest absolute Gasteiger partial charge is 0.306 e. The molecule has 0 amide bonds. The first-order valence-corrected chi connectivity index (χ1v) is 7.71. The molecule has 0 spiro atoms. The Kier molecular flexibility index (Phi) is 5.44. The lowest BCUT2D eigenvalue weighted by molar-refractivity contribution is 0.555. The molecule has 1 unspecified atom stereocenters. The van der Waals surface area contributed by atoms with Gasteiger partial charge in [0.25, 0.3) is 0 Å². The van der Waals surface area contributed by atoms with Crippen LogP contribution in [0, 0.1) is 5.82 Å². The molecule has 5 heteroatoms. The molecule has 0 heterocycles. The second-order valence-electron chi connectivity index (χ2n) is 4.30. The normalized spacial score (nSPS) is 12.4. The Morgan fingerprint density at radius 1 is 1.20 bits per heavy atom. The van der Waals surface area contributed by atoms with E-state index in [1.54, 1.807) is 36.4 Å². The Morgan fingerprint density at radius 3 is 2.65 bits per heavy atom. The van der Waals surface area contributed by atoms with Gasteiger partial charge < -0.3 is 5.32 Å². The molecular formula is C15H13BrCl2FN. The molecule has 1 atom stereocenters. The van der Waals surface area contributed by atoms with Gasteiger partial charge in [-0.25, -0.2) is 4.39 Å². The van der Waals surface area contributed by atoms with Crippen LogP contribution in [-0.2, 0) is 0 Å². The lowest BCUT2D eigenvalue weighted by Gasteiger charge is -2.21. The van der Waals surface area contributed by atoms with Gasteiger partial charge in [0, 0.05) is 15.6 Å².